The maximum absolute atomic E-state index is 12.6. The highest BCUT2D eigenvalue weighted by molar-refractivity contribution is 6.01. The highest BCUT2D eigenvalue weighted by atomic mass is 19.4. The molecular formula is C15H14F3N5O2. The average molecular weight is 353 g/mol. The molecule has 132 valence electrons. The van der Waals surface area contributed by atoms with Crippen molar-refractivity contribution < 1.29 is 22.7 Å². The summed E-state index contributed by atoms with van der Waals surface area (Å²) in [6.07, 6.45) is -0.187. The van der Waals surface area contributed by atoms with Gasteiger partial charge in [-0.3, -0.25) is 10.4 Å². The maximum Gasteiger partial charge on any atom is 0.435 e. The molecule has 0 bridgehead atoms. The molecule has 10 heteroatoms. The maximum atomic E-state index is 12.6. The SMILES string of the molecule is CCOC(=O)c1cncc(C(C=N)C(=N)n2ccc(C(F)(F)F)n2)c1. The summed E-state index contributed by atoms with van der Waals surface area (Å²) in [7, 11) is 0. The Labute approximate surface area is 140 Å². The Bertz CT molecular complexity index is 800. The Morgan fingerprint density at radius 2 is 2.16 bits per heavy atom. The van der Waals surface area contributed by atoms with Gasteiger partial charge >= 0.3 is 12.1 Å². The van der Waals surface area contributed by atoms with Crippen LogP contribution in [0.25, 0.3) is 0 Å². The first kappa shape index (κ1) is 18.3. The van der Waals surface area contributed by atoms with E-state index < -0.39 is 23.8 Å². The molecule has 2 rings (SSSR count). The molecule has 0 aliphatic carbocycles. The van der Waals surface area contributed by atoms with E-state index in [1.54, 1.807) is 6.92 Å². The summed E-state index contributed by atoms with van der Waals surface area (Å²) in [5.41, 5.74) is -0.732. The van der Waals surface area contributed by atoms with Gasteiger partial charge in [-0.2, -0.15) is 18.3 Å². The Balaban J connectivity index is 2.32. The highest BCUT2D eigenvalue weighted by Gasteiger charge is 2.34. The lowest BCUT2D eigenvalue weighted by atomic mass is 9.99. The van der Waals surface area contributed by atoms with Crippen LogP contribution in [0.2, 0.25) is 0 Å². The first-order chi connectivity index (χ1) is 11.8. The summed E-state index contributed by atoms with van der Waals surface area (Å²) >= 11 is 0. The third kappa shape index (κ3) is 4.08. The van der Waals surface area contributed by atoms with Gasteiger partial charge in [-0.05, 0) is 24.6 Å². The Morgan fingerprint density at radius 3 is 2.72 bits per heavy atom. The number of hydrogen-bond acceptors (Lipinski definition) is 6. The number of ether oxygens (including phenoxy) is 1. The minimum Gasteiger partial charge on any atom is -0.462 e. The Kier molecular flexibility index (Phi) is 5.30. The lowest BCUT2D eigenvalue weighted by molar-refractivity contribution is -0.141. The molecule has 2 N–H and O–H groups in total. The number of carbonyl (C=O) groups excluding carboxylic acids is 1. The van der Waals surface area contributed by atoms with Gasteiger partial charge in [0.25, 0.3) is 0 Å². The van der Waals surface area contributed by atoms with E-state index >= 15 is 0 Å². The van der Waals surface area contributed by atoms with Crippen LogP contribution < -0.4 is 0 Å². The van der Waals surface area contributed by atoms with Crippen LogP contribution >= 0.6 is 0 Å². The molecule has 0 aliphatic heterocycles. The minimum atomic E-state index is -4.63. The molecule has 2 aromatic heterocycles. The van der Waals surface area contributed by atoms with Crippen LogP contribution in [0.5, 0.6) is 0 Å². The molecule has 2 aromatic rings. The van der Waals surface area contributed by atoms with Gasteiger partial charge in [0, 0.05) is 24.8 Å². The van der Waals surface area contributed by atoms with Gasteiger partial charge in [0.05, 0.1) is 18.1 Å². The second-order valence-electron chi connectivity index (χ2n) is 4.90. The monoisotopic (exact) mass is 353 g/mol. The van der Waals surface area contributed by atoms with Crippen LogP contribution in [0.3, 0.4) is 0 Å². The van der Waals surface area contributed by atoms with Crippen molar-refractivity contribution >= 4 is 18.0 Å². The number of carbonyl (C=O) groups is 1. The molecule has 0 spiro atoms. The predicted molar refractivity (Wildman–Crippen MR) is 82.1 cm³/mol. The molecule has 0 radical (unpaired) electrons. The van der Waals surface area contributed by atoms with Crippen LogP contribution in [0.4, 0.5) is 13.2 Å². The molecule has 1 unspecified atom stereocenters. The van der Waals surface area contributed by atoms with Crippen molar-refractivity contribution in [3.63, 3.8) is 0 Å². The van der Waals surface area contributed by atoms with Crippen molar-refractivity contribution in [2.24, 2.45) is 0 Å². The largest absolute Gasteiger partial charge is 0.462 e. The van der Waals surface area contributed by atoms with Crippen LogP contribution in [0.15, 0.2) is 30.7 Å². The van der Waals surface area contributed by atoms with Crippen molar-refractivity contribution in [1.82, 2.24) is 14.8 Å². The van der Waals surface area contributed by atoms with Crippen molar-refractivity contribution in [3.05, 3.63) is 47.5 Å². The number of esters is 1. The van der Waals surface area contributed by atoms with E-state index in [9.17, 15) is 18.0 Å². The zero-order chi connectivity index (χ0) is 18.6. The molecule has 7 nitrogen and oxygen atoms in total. The normalized spacial score (nSPS) is 12.5. The Morgan fingerprint density at radius 1 is 1.44 bits per heavy atom. The Hall–Kier alpha value is -3.04. The van der Waals surface area contributed by atoms with E-state index in [1.165, 1.54) is 18.5 Å². The number of nitrogens with zero attached hydrogens (tertiary/aromatic N) is 3. The fourth-order valence-electron chi connectivity index (χ4n) is 2.04. The zero-order valence-electron chi connectivity index (χ0n) is 13.0. The highest BCUT2D eigenvalue weighted by Crippen LogP contribution is 2.27. The van der Waals surface area contributed by atoms with Gasteiger partial charge in [-0.25, -0.2) is 9.48 Å². The average Bonchev–Trinajstić information content (AvgIpc) is 3.06. The van der Waals surface area contributed by atoms with E-state index in [0.717, 1.165) is 23.2 Å². The molecule has 0 fully saturated rings. The van der Waals surface area contributed by atoms with Crippen molar-refractivity contribution in [3.8, 4) is 0 Å². The number of hydrogen-bond donors (Lipinski definition) is 2. The fourth-order valence-corrected chi connectivity index (χ4v) is 2.04. The smallest absolute Gasteiger partial charge is 0.435 e. The van der Waals surface area contributed by atoms with E-state index in [-0.39, 0.29) is 23.6 Å². The number of halogens is 3. The topological polar surface area (TPSA) is 105 Å². The zero-order valence-corrected chi connectivity index (χ0v) is 13.0. The number of aromatic nitrogens is 3. The van der Waals surface area contributed by atoms with Gasteiger partial charge in [0.2, 0.25) is 0 Å². The second-order valence-corrected chi connectivity index (χ2v) is 4.90. The number of nitrogens with one attached hydrogen (secondary N) is 2. The van der Waals surface area contributed by atoms with Crippen molar-refractivity contribution in [1.29, 1.82) is 10.8 Å². The molecule has 0 saturated carbocycles. The molecule has 0 saturated heterocycles. The van der Waals surface area contributed by atoms with Gasteiger partial charge < -0.3 is 10.1 Å². The van der Waals surface area contributed by atoms with E-state index in [1.807, 2.05) is 0 Å². The minimum absolute atomic E-state index is 0.121. The van der Waals surface area contributed by atoms with Crippen LogP contribution in [0, 0.1) is 10.8 Å². The quantitative estimate of drug-likeness (QED) is 0.490. The van der Waals surface area contributed by atoms with Crippen LogP contribution in [-0.4, -0.2) is 39.4 Å². The van der Waals surface area contributed by atoms with Crippen molar-refractivity contribution in [2.75, 3.05) is 6.61 Å². The third-order valence-corrected chi connectivity index (χ3v) is 3.22. The molecule has 2 heterocycles. The molecule has 1 atom stereocenters. The lowest BCUT2D eigenvalue weighted by Crippen LogP contribution is -2.23. The van der Waals surface area contributed by atoms with Crippen LogP contribution in [0.1, 0.15) is 34.5 Å². The molecular weight excluding hydrogens is 339 g/mol. The van der Waals surface area contributed by atoms with E-state index in [0.29, 0.717) is 0 Å². The third-order valence-electron chi connectivity index (χ3n) is 3.22. The number of pyridine rings is 1. The summed E-state index contributed by atoms with van der Waals surface area (Å²) in [5.74, 6) is -2.03. The first-order valence-electron chi connectivity index (χ1n) is 7.12. The summed E-state index contributed by atoms with van der Waals surface area (Å²) in [5, 5.41) is 18.8. The van der Waals surface area contributed by atoms with Gasteiger partial charge in [0.1, 0.15) is 5.84 Å². The molecule has 0 aliphatic rings. The van der Waals surface area contributed by atoms with Gasteiger partial charge in [0.15, 0.2) is 5.69 Å². The predicted octanol–water partition coefficient (Wildman–Crippen LogP) is 2.73. The van der Waals surface area contributed by atoms with Gasteiger partial charge in [-0.1, -0.05) is 0 Å². The van der Waals surface area contributed by atoms with E-state index in [4.69, 9.17) is 15.6 Å². The summed E-state index contributed by atoms with van der Waals surface area (Å²) in [4.78, 5) is 15.6. The van der Waals surface area contributed by atoms with E-state index in [2.05, 4.69) is 10.1 Å². The van der Waals surface area contributed by atoms with Crippen molar-refractivity contribution in [2.45, 2.75) is 19.0 Å². The summed E-state index contributed by atoms with van der Waals surface area (Å²) in [6.45, 7) is 1.81. The fraction of sp³-hybridized carbons (Fsp3) is 0.267. The number of rotatable bonds is 5. The molecule has 25 heavy (non-hydrogen) atoms. The summed E-state index contributed by atoms with van der Waals surface area (Å²) < 4.78 is 43.5. The van der Waals surface area contributed by atoms with Gasteiger partial charge in [-0.15, -0.1) is 0 Å². The van der Waals surface area contributed by atoms with Crippen LogP contribution in [-0.2, 0) is 10.9 Å². The number of alkyl halides is 3. The summed E-state index contributed by atoms with van der Waals surface area (Å²) in [6, 6.07) is 2.12. The molecule has 0 amide bonds. The second kappa shape index (κ2) is 7.24. The standard InChI is InChI=1S/C15H14F3N5O2/c1-2-25-14(24)10-5-9(7-21-8-10)11(6-19)13(20)23-4-3-12(22-23)15(16,17)18/h3-8,11,19-20H,2H2,1H3. The lowest BCUT2D eigenvalue weighted by Gasteiger charge is -2.14. The first-order valence-corrected chi connectivity index (χ1v) is 7.12. The molecule has 0 aromatic carbocycles.